The van der Waals surface area contributed by atoms with Crippen molar-refractivity contribution in [2.24, 2.45) is 5.92 Å². The van der Waals surface area contributed by atoms with Crippen molar-refractivity contribution in [3.63, 3.8) is 0 Å². The molecule has 1 fully saturated rings. The van der Waals surface area contributed by atoms with Crippen LogP contribution >= 0.6 is 45.2 Å². The number of alkyl halides is 2. The highest BCUT2D eigenvalue weighted by molar-refractivity contribution is 14.1. The van der Waals surface area contributed by atoms with E-state index in [9.17, 15) is 0 Å². The molecule has 0 aromatic carbocycles. The van der Waals surface area contributed by atoms with Crippen molar-refractivity contribution >= 4 is 45.2 Å². The predicted octanol–water partition coefficient (Wildman–Crippen LogP) is 1.58. The van der Waals surface area contributed by atoms with E-state index in [0.717, 1.165) is 13.0 Å². The molecule has 0 aromatic rings. The van der Waals surface area contributed by atoms with E-state index < -0.39 is 0 Å². The second-order valence-corrected chi connectivity index (χ2v) is 5.20. The number of ether oxygens (including phenoxy) is 1. The molecule has 1 saturated heterocycles. The summed E-state index contributed by atoms with van der Waals surface area (Å²) in [5.74, 6) is 0.547. The first kappa shape index (κ1) is 9.47. The van der Waals surface area contributed by atoms with Gasteiger partial charge in [0, 0.05) is 16.4 Å². The molecule has 1 rings (SSSR count). The fourth-order valence-electron chi connectivity index (χ4n) is 1.06. The summed E-state index contributed by atoms with van der Waals surface area (Å²) in [4.78, 5) is 0. The smallest absolute Gasteiger partial charge is 0.112 e. The molecule has 2 unspecified atom stereocenters. The van der Waals surface area contributed by atoms with Gasteiger partial charge in [-0.05, 0) is 6.42 Å². The van der Waals surface area contributed by atoms with E-state index >= 15 is 0 Å². The zero-order chi connectivity index (χ0) is 7.56. The highest BCUT2D eigenvalue weighted by atomic mass is 127. The highest BCUT2D eigenvalue weighted by Gasteiger charge is 2.32. The van der Waals surface area contributed by atoms with Crippen molar-refractivity contribution in [1.82, 2.24) is 0 Å². The Balaban J connectivity index is 2.38. The summed E-state index contributed by atoms with van der Waals surface area (Å²) in [7, 11) is 0. The average molecular weight is 368 g/mol. The summed E-state index contributed by atoms with van der Waals surface area (Å²) in [6.45, 7) is 1.13. The van der Waals surface area contributed by atoms with Crippen LogP contribution in [-0.4, -0.2) is 26.4 Å². The van der Waals surface area contributed by atoms with Crippen LogP contribution < -0.4 is 0 Å². The van der Waals surface area contributed by atoms with Gasteiger partial charge in [-0.1, -0.05) is 45.2 Å². The molecule has 0 saturated carbocycles. The molecule has 0 amide bonds. The van der Waals surface area contributed by atoms with Gasteiger partial charge in [-0.3, -0.25) is 0 Å². The molecule has 3 atom stereocenters. The molecule has 0 aromatic heterocycles. The zero-order valence-corrected chi connectivity index (χ0v) is 9.78. The first-order valence-corrected chi connectivity index (χ1v) is 5.75. The minimum Gasteiger partial charge on any atom is -0.396 e. The van der Waals surface area contributed by atoms with Crippen LogP contribution in [0.2, 0.25) is 0 Å². The Hall–Kier alpha value is 1.38. The molecule has 2 nitrogen and oxygen atoms in total. The first-order valence-electron chi connectivity index (χ1n) is 3.26. The van der Waals surface area contributed by atoms with E-state index in [0.29, 0.717) is 14.0 Å². The summed E-state index contributed by atoms with van der Waals surface area (Å²) < 4.78 is 6.30. The molecule has 1 heterocycles. The van der Waals surface area contributed by atoms with Gasteiger partial charge in [0.25, 0.3) is 0 Å². The van der Waals surface area contributed by atoms with Crippen LogP contribution in [0.5, 0.6) is 0 Å². The summed E-state index contributed by atoms with van der Waals surface area (Å²) >= 11 is 4.69. The lowest BCUT2D eigenvalue weighted by atomic mass is 10.1. The minimum absolute atomic E-state index is 0.285. The van der Waals surface area contributed by atoms with Crippen molar-refractivity contribution in [3.05, 3.63) is 0 Å². The monoisotopic (exact) mass is 368 g/mol. The lowest BCUT2D eigenvalue weighted by Crippen LogP contribution is -2.16. The van der Waals surface area contributed by atoms with Crippen LogP contribution in [0.1, 0.15) is 6.42 Å². The van der Waals surface area contributed by atoms with Crippen molar-refractivity contribution < 1.29 is 9.84 Å². The molecular formula is C6H10I2O2. The van der Waals surface area contributed by atoms with Gasteiger partial charge in [0.1, 0.15) is 4.11 Å². The maximum absolute atomic E-state index is 8.70. The number of aliphatic hydroxyl groups is 1. The summed E-state index contributed by atoms with van der Waals surface area (Å²) in [5.41, 5.74) is 0. The van der Waals surface area contributed by atoms with Crippen molar-refractivity contribution in [3.8, 4) is 0 Å². The van der Waals surface area contributed by atoms with Crippen molar-refractivity contribution in [2.75, 3.05) is 13.2 Å². The Morgan fingerprint density at radius 2 is 2.20 bits per heavy atom. The number of rotatable bonds is 2. The SMILES string of the molecule is OCC[C@H]1C(I)COC1I. The third-order valence-electron chi connectivity index (χ3n) is 1.68. The molecule has 60 valence electrons. The number of hydrogen-bond acceptors (Lipinski definition) is 2. The second kappa shape index (κ2) is 4.42. The predicted molar refractivity (Wildman–Crippen MR) is 56.8 cm³/mol. The Morgan fingerprint density at radius 3 is 2.60 bits per heavy atom. The lowest BCUT2D eigenvalue weighted by Gasteiger charge is -2.12. The third kappa shape index (κ3) is 2.18. The zero-order valence-electron chi connectivity index (χ0n) is 5.46. The van der Waals surface area contributed by atoms with Crippen molar-refractivity contribution in [1.29, 1.82) is 0 Å². The Labute approximate surface area is 88.0 Å². The standard InChI is InChI=1S/C6H10I2O2/c7-5-3-10-6(8)4(5)1-2-9/h4-6,9H,1-3H2/t4-,5?,6?/m0/s1. The van der Waals surface area contributed by atoms with Gasteiger partial charge < -0.3 is 9.84 Å². The van der Waals surface area contributed by atoms with Gasteiger partial charge in [0.2, 0.25) is 0 Å². The number of aliphatic hydroxyl groups excluding tert-OH is 1. The van der Waals surface area contributed by atoms with Crippen LogP contribution in [-0.2, 0) is 4.74 Å². The first-order chi connectivity index (χ1) is 4.75. The fourth-order valence-corrected chi connectivity index (χ4v) is 3.86. The largest absolute Gasteiger partial charge is 0.396 e. The minimum atomic E-state index is 0.285. The third-order valence-corrected chi connectivity index (χ3v) is 4.24. The van der Waals surface area contributed by atoms with E-state index in [1.165, 1.54) is 0 Å². The van der Waals surface area contributed by atoms with Gasteiger partial charge >= 0.3 is 0 Å². The molecule has 4 heteroatoms. The van der Waals surface area contributed by atoms with Gasteiger partial charge in [-0.2, -0.15) is 0 Å². The molecule has 0 spiro atoms. The van der Waals surface area contributed by atoms with Crippen LogP contribution in [0, 0.1) is 5.92 Å². The maximum atomic E-state index is 8.70. The Bertz CT molecular complexity index is 99.9. The second-order valence-electron chi connectivity index (χ2n) is 2.38. The molecule has 0 radical (unpaired) electrons. The molecular weight excluding hydrogens is 358 g/mol. The van der Waals surface area contributed by atoms with E-state index in [4.69, 9.17) is 9.84 Å². The molecule has 1 N–H and O–H groups in total. The van der Waals surface area contributed by atoms with Crippen LogP contribution in [0.4, 0.5) is 0 Å². The van der Waals surface area contributed by atoms with Crippen molar-refractivity contribution in [2.45, 2.75) is 14.5 Å². The molecule has 0 aliphatic carbocycles. The average Bonchev–Trinajstić information content (AvgIpc) is 2.20. The number of hydrogen-bond donors (Lipinski definition) is 1. The maximum Gasteiger partial charge on any atom is 0.112 e. The van der Waals surface area contributed by atoms with E-state index in [2.05, 4.69) is 45.2 Å². The van der Waals surface area contributed by atoms with Gasteiger partial charge in [0.05, 0.1) is 6.61 Å². The van der Waals surface area contributed by atoms with Crippen LogP contribution in [0.25, 0.3) is 0 Å². The van der Waals surface area contributed by atoms with Gasteiger partial charge in [-0.25, -0.2) is 0 Å². The fraction of sp³-hybridized carbons (Fsp3) is 1.00. The number of halogens is 2. The van der Waals surface area contributed by atoms with E-state index in [1.807, 2.05) is 0 Å². The Morgan fingerprint density at radius 1 is 1.50 bits per heavy atom. The van der Waals surface area contributed by atoms with Gasteiger partial charge in [-0.15, -0.1) is 0 Å². The van der Waals surface area contributed by atoms with Gasteiger partial charge in [0.15, 0.2) is 0 Å². The quantitative estimate of drug-likeness (QED) is 0.593. The molecule has 1 aliphatic heterocycles. The van der Waals surface area contributed by atoms with Crippen LogP contribution in [0.15, 0.2) is 0 Å². The Kier molecular flexibility index (Phi) is 4.18. The molecule has 1 aliphatic rings. The van der Waals surface area contributed by atoms with E-state index in [-0.39, 0.29) is 6.61 Å². The highest BCUT2D eigenvalue weighted by Crippen LogP contribution is 2.33. The normalized spacial score (nSPS) is 40.5. The lowest BCUT2D eigenvalue weighted by molar-refractivity contribution is 0.161. The summed E-state index contributed by atoms with van der Waals surface area (Å²) in [5, 5.41) is 8.70. The summed E-state index contributed by atoms with van der Waals surface area (Å²) in [6, 6.07) is 0. The van der Waals surface area contributed by atoms with Crippen LogP contribution in [0.3, 0.4) is 0 Å². The van der Waals surface area contributed by atoms with E-state index in [1.54, 1.807) is 0 Å². The molecule has 10 heavy (non-hydrogen) atoms. The summed E-state index contributed by atoms with van der Waals surface area (Å²) in [6.07, 6.45) is 0.876. The topological polar surface area (TPSA) is 29.5 Å². The molecule has 0 bridgehead atoms.